The first kappa shape index (κ1) is 13.3. The molecule has 1 saturated carbocycles. The van der Waals surface area contributed by atoms with E-state index >= 15 is 0 Å². The van der Waals surface area contributed by atoms with Crippen molar-refractivity contribution < 1.29 is 4.92 Å². The van der Waals surface area contributed by atoms with E-state index in [4.69, 9.17) is 0 Å². The molecule has 0 bridgehead atoms. The highest BCUT2D eigenvalue weighted by molar-refractivity contribution is 5.61. The van der Waals surface area contributed by atoms with E-state index < -0.39 is 0 Å². The summed E-state index contributed by atoms with van der Waals surface area (Å²) in [6, 6.07) is 2.98. The molecular weight excluding hydrogens is 256 g/mol. The highest BCUT2D eigenvalue weighted by Gasteiger charge is 2.30. The third-order valence-corrected chi connectivity index (χ3v) is 4.13. The van der Waals surface area contributed by atoms with E-state index in [0.29, 0.717) is 17.4 Å². The van der Waals surface area contributed by atoms with Crippen molar-refractivity contribution in [3.05, 3.63) is 27.9 Å². The van der Waals surface area contributed by atoms with Gasteiger partial charge in [-0.2, -0.15) is 0 Å². The first-order chi connectivity index (χ1) is 9.65. The number of hydrogen-bond donors (Lipinski definition) is 1. The second kappa shape index (κ2) is 5.36. The maximum Gasteiger partial charge on any atom is 0.314 e. The minimum atomic E-state index is -0.313. The Hall–Kier alpha value is -1.69. The number of piperidine rings is 1. The van der Waals surface area contributed by atoms with Gasteiger partial charge in [0.25, 0.3) is 0 Å². The van der Waals surface area contributed by atoms with Crippen molar-refractivity contribution in [2.24, 2.45) is 0 Å². The van der Waals surface area contributed by atoms with Crippen LogP contribution in [0.5, 0.6) is 0 Å². The zero-order valence-corrected chi connectivity index (χ0v) is 11.7. The number of anilines is 1. The molecule has 0 amide bonds. The lowest BCUT2D eigenvalue weighted by molar-refractivity contribution is -0.384. The zero-order chi connectivity index (χ0) is 14.1. The van der Waals surface area contributed by atoms with Crippen molar-refractivity contribution in [2.45, 2.75) is 44.7 Å². The molecule has 20 heavy (non-hydrogen) atoms. The van der Waals surface area contributed by atoms with E-state index in [1.165, 1.54) is 12.8 Å². The van der Waals surface area contributed by atoms with Gasteiger partial charge in [0, 0.05) is 36.9 Å². The Balaban J connectivity index is 1.71. The maximum atomic E-state index is 11.2. The first-order valence-electron chi connectivity index (χ1n) is 7.26. The Morgan fingerprint density at radius 2 is 1.95 bits per heavy atom. The Kier molecular flexibility index (Phi) is 3.56. The average Bonchev–Trinajstić information content (AvgIpc) is 3.23. The number of aryl methyl sites for hydroxylation is 1. The molecule has 2 fully saturated rings. The molecule has 0 radical (unpaired) electrons. The minimum Gasteiger partial charge on any atom is -0.351 e. The van der Waals surface area contributed by atoms with Crippen molar-refractivity contribution >= 4 is 11.5 Å². The smallest absolute Gasteiger partial charge is 0.314 e. The van der Waals surface area contributed by atoms with Gasteiger partial charge in [-0.15, -0.1) is 0 Å². The van der Waals surface area contributed by atoms with E-state index in [1.807, 2.05) is 0 Å². The fourth-order valence-corrected chi connectivity index (χ4v) is 2.83. The Bertz CT molecular complexity index is 508. The van der Waals surface area contributed by atoms with Crippen molar-refractivity contribution in [1.82, 2.24) is 10.3 Å². The van der Waals surface area contributed by atoms with E-state index in [9.17, 15) is 10.1 Å². The van der Waals surface area contributed by atoms with Crippen LogP contribution >= 0.6 is 0 Å². The molecule has 108 valence electrons. The summed E-state index contributed by atoms with van der Waals surface area (Å²) in [6.45, 7) is 3.44. The fraction of sp³-hybridized carbons (Fsp3) is 0.643. The number of nitrogens with zero attached hydrogens (tertiary/aromatic N) is 3. The van der Waals surface area contributed by atoms with Crippen LogP contribution in [0.1, 0.15) is 31.2 Å². The number of nitrogens with one attached hydrogen (secondary N) is 1. The highest BCUT2D eigenvalue weighted by atomic mass is 16.6. The lowest BCUT2D eigenvalue weighted by Crippen LogP contribution is -2.43. The Morgan fingerprint density at radius 3 is 2.55 bits per heavy atom. The third-order valence-electron chi connectivity index (χ3n) is 4.13. The SMILES string of the molecule is Cc1ccnc(N2CCC(NC3CC3)CC2)c1[N+](=O)[O-]. The van der Waals surface area contributed by atoms with Crippen LogP contribution in [0.25, 0.3) is 0 Å². The average molecular weight is 276 g/mol. The van der Waals surface area contributed by atoms with Crippen molar-refractivity contribution in [3.63, 3.8) is 0 Å². The molecule has 1 aliphatic carbocycles. The van der Waals surface area contributed by atoms with Crippen LogP contribution in [-0.4, -0.2) is 35.1 Å². The van der Waals surface area contributed by atoms with Gasteiger partial charge in [0.2, 0.25) is 5.82 Å². The normalized spacial score (nSPS) is 20.1. The quantitative estimate of drug-likeness (QED) is 0.673. The number of pyridine rings is 1. The van der Waals surface area contributed by atoms with Gasteiger partial charge in [-0.3, -0.25) is 10.1 Å². The van der Waals surface area contributed by atoms with Crippen LogP contribution in [0.2, 0.25) is 0 Å². The lowest BCUT2D eigenvalue weighted by Gasteiger charge is -2.33. The van der Waals surface area contributed by atoms with Gasteiger partial charge in [0.05, 0.1) is 4.92 Å². The van der Waals surface area contributed by atoms with Gasteiger partial charge in [0.1, 0.15) is 0 Å². The van der Waals surface area contributed by atoms with Gasteiger partial charge in [0.15, 0.2) is 0 Å². The van der Waals surface area contributed by atoms with Crippen LogP contribution in [0.4, 0.5) is 11.5 Å². The maximum absolute atomic E-state index is 11.2. The highest BCUT2D eigenvalue weighted by Crippen LogP contribution is 2.31. The van der Waals surface area contributed by atoms with E-state index in [-0.39, 0.29) is 10.6 Å². The molecule has 1 aromatic rings. The van der Waals surface area contributed by atoms with E-state index in [1.54, 1.807) is 19.2 Å². The standard InChI is InChI=1S/C14H20N4O2/c1-10-4-7-15-14(13(10)18(19)20)17-8-5-12(6-9-17)16-11-2-3-11/h4,7,11-12,16H,2-3,5-6,8-9H2,1H3. The molecule has 2 heterocycles. The molecular formula is C14H20N4O2. The van der Waals surface area contributed by atoms with Crippen molar-refractivity contribution in [3.8, 4) is 0 Å². The summed E-state index contributed by atoms with van der Waals surface area (Å²) in [4.78, 5) is 17.2. The van der Waals surface area contributed by atoms with Crippen molar-refractivity contribution in [2.75, 3.05) is 18.0 Å². The van der Waals surface area contributed by atoms with E-state index in [0.717, 1.165) is 32.0 Å². The molecule has 1 N–H and O–H groups in total. The summed E-state index contributed by atoms with van der Waals surface area (Å²) < 4.78 is 0. The monoisotopic (exact) mass is 276 g/mol. The summed E-state index contributed by atoms with van der Waals surface area (Å²) in [5, 5.41) is 14.9. The molecule has 1 aliphatic heterocycles. The topological polar surface area (TPSA) is 71.3 Å². The zero-order valence-electron chi connectivity index (χ0n) is 11.7. The Morgan fingerprint density at radius 1 is 1.30 bits per heavy atom. The lowest BCUT2D eigenvalue weighted by atomic mass is 10.0. The van der Waals surface area contributed by atoms with Gasteiger partial charge < -0.3 is 10.2 Å². The number of nitro groups is 1. The molecule has 0 atom stereocenters. The summed E-state index contributed by atoms with van der Waals surface area (Å²) in [7, 11) is 0. The van der Waals surface area contributed by atoms with Crippen LogP contribution in [-0.2, 0) is 0 Å². The van der Waals surface area contributed by atoms with Gasteiger partial charge in [-0.1, -0.05) is 0 Å². The summed E-state index contributed by atoms with van der Waals surface area (Å²) in [5.74, 6) is 0.528. The Labute approximate surface area is 118 Å². The predicted molar refractivity (Wildman–Crippen MR) is 77.0 cm³/mol. The van der Waals surface area contributed by atoms with Crippen LogP contribution < -0.4 is 10.2 Å². The first-order valence-corrected chi connectivity index (χ1v) is 7.26. The van der Waals surface area contributed by atoms with Crippen LogP contribution in [0.15, 0.2) is 12.3 Å². The largest absolute Gasteiger partial charge is 0.351 e. The van der Waals surface area contributed by atoms with Gasteiger partial charge in [-0.25, -0.2) is 4.98 Å². The van der Waals surface area contributed by atoms with E-state index in [2.05, 4.69) is 15.2 Å². The molecule has 1 saturated heterocycles. The molecule has 3 rings (SSSR count). The van der Waals surface area contributed by atoms with Crippen LogP contribution in [0, 0.1) is 17.0 Å². The summed E-state index contributed by atoms with van der Waals surface area (Å²) in [5.41, 5.74) is 0.833. The van der Waals surface area contributed by atoms with Crippen molar-refractivity contribution in [1.29, 1.82) is 0 Å². The molecule has 1 aromatic heterocycles. The molecule has 0 aromatic carbocycles. The molecule has 6 nitrogen and oxygen atoms in total. The number of rotatable bonds is 4. The van der Waals surface area contributed by atoms with Gasteiger partial charge in [-0.05, 0) is 38.7 Å². The summed E-state index contributed by atoms with van der Waals surface area (Å²) in [6.07, 6.45) is 6.31. The fourth-order valence-electron chi connectivity index (χ4n) is 2.83. The second-order valence-electron chi connectivity index (χ2n) is 5.76. The number of hydrogen-bond acceptors (Lipinski definition) is 5. The molecule has 0 unspecified atom stereocenters. The minimum absolute atomic E-state index is 0.154. The van der Waals surface area contributed by atoms with Crippen LogP contribution in [0.3, 0.4) is 0 Å². The predicted octanol–water partition coefficient (Wildman–Crippen LogP) is 2.02. The number of aromatic nitrogens is 1. The molecule has 2 aliphatic rings. The summed E-state index contributed by atoms with van der Waals surface area (Å²) >= 11 is 0. The second-order valence-corrected chi connectivity index (χ2v) is 5.76. The molecule has 0 spiro atoms. The third kappa shape index (κ3) is 2.75. The molecule has 6 heteroatoms. The van der Waals surface area contributed by atoms with Gasteiger partial charge >= 0.3 is 5.69 Å².